The van der Waals surface area contributed by atoms with E-state index in [1.165, 1.54) is 17.2 Å². The van der Waals surface area contributed by atoms with Crippen LogP contribution in [0.15, 0.2) is 66.7 Å². The topological polar surface area (TPSA) is 34.2 Å². The van der Waals surface area contributed by atoms with Crippen LogP contribution in [-0.2, 0) is 6.54 Å². The summed E-state index contributed by atoms with van der Waals surface area (Å²) in [5, 5.41) is 0. The summed E-state index contributed by atoms with van der Waals surface area (Å²) in [6, 6.07) is 21.3. The van der Waals surface area contributed by atoms with Gasteiger partial charge in [-0.1, -0.05) is 50.2 Å². The molecule has 1 atom stereocenters. The van der Waals surface area contributed by atoms with Crippen LogP contribution in [0.3, 0.4) is 0 Å². The number of halogens is 1. The third-order valence-corrected chi connectivity index (χ3v) is 7.07. The van der Waals surface area contributed by atoms with E-state index in [0.717, 1.165) is 62.9 Å². The lowest BCUT2D eigenvalue weighted by atomic mass is 10.0. The third kappa shape index (κ3) is 6.00. The minimum atomic E-state index is -0.333. The Bertz CT molecular complexity index is 1160. The van der Waals surface area contributed by atoms with Crippen molar-refractivity contribution in [3.63, 3.8) is 0 Å². The van der Waals surface area contributed by atoms with E-state index in [4.69, 9.17) is 14.2 Å². The fraction of sp³-hybridized carbons (Fsp3) is 0.400. The molecule has 3 aromatic carbocycles. The highest BCUT2D eigenvalue weighted by Crippen LogP contribution is 2.33. The number of nitrogens with zero attached hydrogens (tertiary/aromatic N) is 2. The molecule has 190 valence electrons. The largest absolute Gasteiger partial charge is 0.486 e. The molecule has 0 radical (unpaired) electrons. The molecule has 0 unspecified atom stereocenters. The van der Waals surface area contributed by atoms with Gasteiger partial charge in [0.1, 0.15) is 17.7 Å². The summed E-state index contributed by atoms with van der Waals surface area (Å²) < 4.78 is 32.1. The molecule has 3 aromatic rings. The first-order chi connectivity index (χ1) is 17.5. The van der Waals surface area contributed by atoms with Gasteiger partial charge in [-0.15, -0.1) is 0 Å². The van der Waals surface area contributed by atoms with Gasteiger partial charge in [-0.3, -0.25) is 4.90 Å². The SMILES string of the molecule is CC(C)c1cccc(O[C@H](CCN2CCN(Cc3ccc4c(c3)OCO4)CC2)c2ccccc2F)c1. The summed E-state index contributed by atoms with van der Waals surface area (Å²) >= 11 is 0. The van der Waals surface area contributed by atoms with Crippen LogP contribution in [0.25, 0.3) is 0 Å². The predicted molar refractivity (Wildman–Crippen MR) is 139 cm³/mol. The fourth-order valence-electron chi connectivity index (χ4n) is 4.89. The lowest BCUT2D eigenvalue weighted by Gasteiger charge is -2.35. The van der Waals surface area contributed by atoms with Crippen LogP contribution in [0, 0.1) is 5.82 Å². The maximum atomic E-state index is 14.7. The van der Waals surface area contributed by atoms with Gasteiger partial charge in [-0.25, -0.2) is 4.39 Å². The van der Waals surface area contributed by atoms with E-state index >= 15 is 0 Å². The van der Waals surface area contributed by atoms with Crippen LogP contribution in [-0.4, -0.2) is 49.3 Å². The zero-order valence-corrected chi connectivity index (χ0v) is 21.2. The van der Waals surface area contributed by atoms with E-state index in [-0.39, 0.29) is 11.9 Å². The minimum absolute atomic E-state index is 0.212. The Hall–Kier alpha value is -3.09. The third-order valence-electron chi connectivity index (χ3n) is 7.07. The first kappa shape index (κ1) is 24.6. The predicted octanol–water partition coefficient (Wildman–Crippen LogP) is 6.01. The highest BCUT2D eigenvalue weighted by atomic mass is 19.1. The molecule has 2 aliphatic heterocycles. The Kier molecular flexibility index (Phi) is 7.73. The van der Waals surface area contributed by atoms with Crippen LogP contribution < -0.4 is 14.2 Å². The first-order valence-corrected chi connectivity index (χ1v) is 12.9. The average molecular weight is 491 g/mol. The highest BCUT2D eigenvalue weighted by Gasteiger charge is 2.23. The second-order valence-electron chi connectivity index (χ2n) is 9.95. The molecule has 6 heteroatoms. The van der Waals surface area contributed by atoms with E-state index in [1.54, 1.807) is 6.07 Å². The maximum Gasteiger partial charge on any atom is 0.231 e. The average Bonchev–Trinajstić information content (AvgIpc) is 3.36. The zero-order chi connectivity index (χ0) is 24.9. The van der Waals surface area contributed by atoms with E-state index in [9.17, 15) is 4.39 Å². The smallest absolute Gasteiger partial charge is 0.231 e. The van der Waals surface area contributed by atoms with Crippen LogP contribution in [0.1, 0.15) is 49.0 Å². The van der Waals surface area contributed by atoms with Gasteiger partial charge in [-0.2, -0.15) is 0 Å². The summed E-state index contributed by atoms with van der Waals surface area (Å²) in [5.74, 6) is 2.66. The van der Waals surface area contributed by atoms with Gasteiger partial charge in [0.25, 0.3) is 0 Å². The maximum absolute atomic E-state index is 14.7. The first-order valence-electron chi connectivity index (χ1n) is 12.9. The molecule has 2 aliphatic rings. The Morgan fingerprint density at radius 1 is 0.861 bits per heavy atom. The number of rotatable bonds is 9. The molecule has 36 heavy (non-hydrogen) atoms. The minimum Gasteiger partial charge on any atom is -0.486 e. The van der Waals surface area contributed by atoms with Crippen LogP contribution in [0.5, 0.6) is 17.2 Å². The number of hydrogen-bond acceptors (Lipinski definition) is 5. The summed E-state index contributed by atoms with van der Waals surface area (Å²) in [5.41, 5.74) is 3.08. The van der Waals surface area contributed by atoms with Crippen molar-refractivity contribution in [2.75, 3.05) is 39.5 Å². The molecule has 0 N–H and O–H groups in total. The summed E-state index contributed by atoms with van der Waals surface area (Å²) in [4.78, 5) is 4.92. The quantitative estimate of drug-likeness (QED) is 0.367. The van der Waals surface area contributed by atoms with Gasteiger partial charge in [-0.05, 0) is 47.4 Å². The summed E-state index contributed by atoms with van der Waals surface area (Å²) in [7, 11) is 0. The molecule has 5 nitrogen and oxygen atoms in total. The standard InChI is InChI=1S/C30H35FN2O3/c1-22(2)24-6-5-7-25(19-24)36-28(26-8-3-4-9-27(26)31)12-13-32-14-16-33(17-15-32)20-23-10-11-29-30(18-23)35-21-34-29/h3-11,18-19,22,28H,12-17,20-21H2,1-2H3/t28-/m1/s1. The van der Waals surface area contributed by atoms with Crippen molar-refractivity contribution in [3.05, 3.63) is 89.2 Å². The highest BCUT2D eigenvalue weighted by molar-refractivity contribution is 5.44. The number of piperazine rings is 1. The molecule has 1 saturated heterocycles. The zero-order valence-electron chi connectivity index (χ0n) is 21.2. The molecule has 1 fully saturated rings. The molecule has 0 saturated carbocycles. The number of benzene rings is 3. The normalized spacial score (nSPS) is 16.9. The molecular formula is C30H35FN2O3. The summed E-state index contributed by atoms with van der Waals surface area (Å²) in [6.07, 6.45) is 0.398. The molecule has 2 heterocycles. The molecule has 0 aromatic heterocycles. The summed E-state index contributed by atoms with van der Waals surface area (Å²) in [6.45, 7) is 10.4. The fourth-order valence-corrected chi connectivity index (χ4v) is 4.89. The molecule has 5 rings (SSSR count). The van der Waals surface area contributed by atoms with Gasteiger partial charge in [0.2, 0.25) is 6.79 Å². The lowest BCUT2D eigenvalue weighted by molar-refractivity contribution is 0.106. The van der Waals surface area contributed by atoms with Gasteiger partial charge in [0.15, 0.2) is 11.5 Å². The second kappa shape index (κ2) is 11.3. The van der Waals surface area contributed by atoms with E-state index in [2.05, 4.69) is 47.9 Å². The Balaban J connectivity index is 1.18. The van der Waals surface area contributed by atoms with Crippen LogP contribution >= 0.6 is 0 Å². The lowest BCUT2D eigenvalue weighted by Crippen LogP contribution is -2.46. The Labute approximate surface area is 213 Å². The van der Waals surface area contributed by atoms with Crippen molar-refractivity contribution in [1.29, 1.82) is 0 Å². The van der Waals surface area contributed by atoms with Crippen LogP contribution in [0.4, 0.5) is 4.39 Å². The van der Waals surface area contributed by atoms with Gasteiger partial charge < -0.3 is 19.1 Å². The molecular weight excluding hydrogens is 455 g/mol. The van der Waals surface area contributed by atoms with Crippen molar-refractivity contribution in [2.45, 2.75) is 38.8 Å². The van der Waals surface area contributed by atoms with Crippen molar-refractivity contribution >= 4 is 0 Å². The molecule has 0 aliphatic carbocycles. The van der Waals surface area contributed by atoms with Gasteiger partial charge in [0, 0.05) is 51.3 Å². The Morgan fingerprint density at radius 3 is 2.44 bits per heavy atom. The van der Waals surface area contributed by atoms with E-state index in [1.807, 2.05) is 30.3 Å². The number of hydrogen-bond donors (Lipinski definition) is 0. The van der Waals surface area contributed by atoms with Crippen molar-refractivity contribution in [2.24, 2.45) is 0 Å². The van der Waals surface area contributed by atoms with Crippen molar-refractivity contribution in [1.82, 2.24) is 9.80 Å². The van der Waals surface area contributed by atoms with Gasteiger partial charge in [0.05, 0.1) is 0 Å². The number of fused-ring (bicyclic) bond motifs is 1. The van der Waals surface area contributed by atoms with E-state index in [0.29, 0.717) is 18.3 Å². The van der Waals surface area contributed by atoms with Crippen LogP contribution in [0.2, 0.25) is 0 Å². The Morgan fingerprint density at radius 2 is 1.64 bits per heavy atom. The number of ether oxygens (including phenoxy) is 3. The molecule has 0 bridgehead atoms. The monoisotopic (exact) mass is 490 g/mol. The second-order valence-corrected chi connectivity index (χ2v) is 9.95. The van der Waals surface area contributed by atoms with Gasteiger partial charge >= 0.3 is 0 Å². The van der Waals surface area contributed by atoms with Crippen molar-refractivity contribution < 1.29 is 18.6 Å². The molecule has 0 amide bonds. The van der Waals surface area contributed by atoms with E-state index < -0.39 is 0 Å². The van der Waals surface area contributed by atoms with Crippen molar-refractivity contribution in [3.8, 4) is 17.2 Å². The molecule has 0 spiro atoms.